The van der Waals surface area contributed by atoms with Crippen molar-refractivity contribution < 1.29 is 34.2 Å². The number of aliphatic hydroxyl groups excluding tert-OH is 1. The lowest BCUT2D eigenvalue weighted by atomic mass is 9.99. The van der Waals surface area contributed by atoms with Crippen LogP contribution in [0.25, 0.3) is 0 Å². The van der Waals surface area contributed by atoms with Crippen molar-refractivity contribution in [1.29, 1.82) is 0 Å². The van der Waals surface area contributed by atoms with Crippen LogP contribution in [0.1, 0.15) is 32.4 Å². The summed E-state index contributed by atoms with van der Waals surface area (Å²) in [5.74, 6) is -5.30. The van der Waals surface area contributed by atoms with Crippen LogP contribution >= 0.6 is 0 Å². The molecule has 4 amide bonds. The van der Waals surface area contributed by atoms with Gasteiger partial charge in [0.1, 0.15) is 18.1 Å². The molecule has 33 heavy (non-hydrogen) atoms. The number of carboxylic acids is 1. The van der Waals surface area contributed by atoms with Crippen molar-refractivity contribution in [1.82, 2.24) is 25.9 Å². The summed E-state index contributed by atoms with van der Waals surface area (Å²) in [4.78, 5) is 66.9. The van der Waals surface area contributed by atoms with E-state index < -0.39 is 72.7 Å². The first-order valence-electron chi connectivity index (χ1n) is 10.3. The Balaban J connectivity index is 2.85. The van der Waals surface area contributed by atoms with Gasteiger partial charge in [-0.3, -0.25) is 19.2 Å². The minimum atomic E-state index is -1.53. The van der Waals surface area contributed by atoms with Crippen molar-refractivity contribution in [2.24, 2.45) is 17.4 Å². The number of hydrogen-bond acceptors (Lipinski definition) is 8. The topological polar surface area (TPSA) is 243 Å². The summed E-state index contributed by atoms with van der Waals surface area (Å²) in [5.41, 5.74) is 11.5. The Morgan fingerprint density at radius 1 is 1.09 bits per heavy atom. The Hall–Kier alpha value is -3.52. The number of rotatable bonds is 14. The Morgan fingerprint density at radius 2 is 1.70 bits per heavy atom. The van der Waals surface area contributed by atoms with Gasteiger partial charge in [-0.25, -0.2) is 9.78 Å². The lowest BCUT2D eigenvalue weighted by Gasteiger charge is -2.25. The lowest BCUT2D eigenvalue weighted by molar-refractivity contribution is -0.144. The van der Waals surface area contributed by atoms with E-state index in [1.807, 2.05) is 0 Å². The number of carboxylic acid groups (broad SMARTS) is 1. The molecule has 0 aliphatic heterocycles. The lowest BCUT2D eigenvalue weighted by Crippen LogP contribution is -2.59. The van der Waals surface area contributed by atoms with Crippen LogP contribution in [0.2, 0.25) is 0 Å². The number of imidazole rings is 1. The number of amides is 4. The van der Waals surface area contributed by atoms with Gasteiger partial charge >= 0.3 is 5.97 Å². The minimum absolute atomic E-state index is 0.0740. The number of aromatic nitrogens is 2. The molecule has 184 valence electrons. The number of nitrogens with two attached hydrogens (primary N) is 2. The molecule has 0 radical (unpaired) electrons. The maximum Gasteiger partial charge on any atom is 0.326 e. The first-order valence-corrected chi connectivity index (χ1v) is 10.3. The molecule has 0 bridgehead atoms. The van der Waals surface area contributed by atoms with Crippen molar-refractivity contribution >= 4 is 29.6 Å². The van der Waals surface area contributed by atoms with Gasteiger partial charge < -0.3 is 42.6 Å². The number of nitrogens with zero attached hydrogens (tertiary/aromatic N) is 1. The van der Waals surface area contributed by atoms with E-state index in [9.17, 15) is 34.2 Å². The predicted molar refractivity (Wildman–Crippen MR) is 114 cm³/mol. The zero-order chi connectivity index (χ0) is 25.1. The molecule has 0 aromatic carbocycles. The molecule has 1 aromatic heterocycles. The zero-order valence-electron chi connectivity index (χ0n) is 18.4. The van der Waals surface area contributed by atoms with Gasteiger partial charge in [0, 0.05) is 18.3 Å². The molecule has 0 saturated carbocycles. The number of aromatic amines is 1. The third-order valence-electron chi connectivity index (χ3n) is 4.96. The van der Waals surface area contributed by atoms with Gasteiger partial charge in [-0.2, -0.15) is 0 Å². The van der Waals surface area contributed by atoms with Crippen molar-refractivity contribution in [3.8, 4) is 0 Å². The molecule has 0 aliphatic rings. The number of aliphatic carboxylic acids is 1. The standard InChI is InChI=1S/C19H31N7O7/c1-3-9(2)15(19(32)33)26-18(31)13(7-27)25-17(30)12(5-14(21)28)24-16(29)11(20)4-10-6-22-8-23-10/h6,8-9,11-13,15,27H,3-5,7,20H2,1-2H3,(H2,21,28)(H,22,23)(H,24,29)(H,25,30)(H,26,31)(H,32,33). The predicted octanol–water partition coefficient (Wildman–Crippen LogP) is -3.27. The van der Waals surface area contributed by atoms with Crippen molar-refractivity contribution in [2.45, 2.75) is 57.3 Å². The Bertz CT molecular complexity index is 830. The van der Waals surface area contributed by atoms with Gasteiger partial charge in [-0.15, -0.1) is 0 Å². The van der Waals surface area contributed by atoms with Crippen LogP contribution in [0.5, 0.6) is 0 Å². The molecular weight excluding hydrogens is 438 g/mol. The van der Waals surface area contributed by atoms with Gasteiger partial charge in [0.2, 0.25) is 23.6 Å². The second-order valence-corrected chi connectivity index (χ2v) is 7.57. The molecular formula is C19H31N7O7. The summed E-state index contributed by atoms with van der Waals surface area (Å²) >= 11 is 0. The number of primary amides is 1. The molecule has 0 fully saturated rings. The normalized spacial score (nSPS) is 15.4. The highest BCUT2D eigenvalue weighted by molar-refractivity contribution is 5.96. The maximum absolute atomic E-state index is 12.6. The highest BCUT2D eigenvalue weighted by atomic mass is 16.4. The average Bonchev–Trinajstić information content (AvgIpc) is 3.26. The van der Waals surface area contributed by atoms with Crippen molar-refractivity contribution in [3.63, 3.8) is 0 Å². The van der Waals surface area contributed by atoms with E-state index in [0.717, 1.165) is 0 Å². The molecule has 0 saturated heterocycles. The Kier molecular flexibility index (Phi) is 10.9. The molecule has 1 heterocycles. The highest BCUT2D eigenvalue weighted by Gasteiger charge is 2.32. The van der Waals surface area contributed by atoms with Crippen LogP contribution in [0.15, 0.2) is 12.5 Å². The SMILES string of the molecule is CCC(C)C(NC(=O)C(CO)NC(=O)C(CC(N)=O)NC(=O)C(N)Cc1cnc[nH]1)C(=O)O. The van der Waals surface area contributed by atoms with E-state index >= 15 is 0 Å². The monoisotopic (exact) mass is 469 g/mol. The van der Waals surface area contributed by atoms with Crippen LogP contribution in [-0.4, -0.2) is 80.6 Å². The van der Waals surface area contributed by atoms with E-state index in [2.05, 4.69) is 25.9 Å². The first kappa shape index (κ1) is 27.5. The Morgan fingerprint density at radius 3 is 2.18 bits per heavy atom. The van der Waals surface area contributed by atoms with Crippen LogP contribution < -0.4 is 27.4 Å². The third-order valence-corrected chi connectivity index (χ3v) is 4.96. The van der Waals surface area contributed by atoms with Crippen LogP contribution in [0.3, 0.4) is 0 Å². The van der Waals surface area contributed by atoms with Gasteiger partial charge in [0.25, 0.3) is 0 Å². The molecule has 10 N–H and O–H groups in total. The first-order chi connectivity index (χ1) is 15.5. The van der Waals surface area contributed by atoms with Gasteiger partial charge in [-0.1, -0.05) is 20.3 Å². The van der Waals surface area contributed by atoms with Gasteiger partial charge in [-0.05, 0) is 5.92 Å². The van der Waals surface area contributed by atoms with E-state index in [1.54, 1.807) is 13.8 Å². The summed E-state index contributed by atoms with van der Waals surface area (Å²) in [7, 11) is 0. The van der Waals surface area contributed by atoms with E-state index in [-0.39, 0.29) is 6.42 Å². The smallest absolute Gasteiger partial charge is 0.326 e. The number of hydrogen-bond donors (Lipinski definition) is 8. The summed E-state index contributed by atoms with van der Waals surface area (Å²) in [6.07, 6.45) is 2.80. The number of carbonyl (C=O) groups excluding carboxylic acids is 4. The Labute approximate surface area is 189 Å². The van der Waals surface area contributed by atoms with Gasteiger partial charge in [0.05, 0.1) is 25.4 Å². The largest absolute Gasteiger partial charge is 0.480 e. The van der Waals surface area contributed by atoms with Crippen molar-refractivity contribution in [2.75, 3.05) is 6.61 Å². The summed E-state index contributed by atoms with van der Waals surface area (Å²) in [5, 5.41) is 25.6. The van der Waals surface area contributed by atoms with Crippen molar-refractivity contribution in [3.05, 3.63) is 18.2 Å². The molecule has 5 unspecified atom stereocenters. The maximum atomic E-state index is 12.6. The quantitative estimate of drug-likeness (QED) is 0.136. The van der Waals surface area contributed by atoms with Gasteiger partial charge in [0.15, 0.2) is 0 Å². The fraction of sp³-hybridized carbons (Fsp3) is 0.579. The van der Waals surface area contributed by atoms with E-state index in [1.165, 1.54) is 12.5 Å². The zero-order valence-corrected chi connectivity index (χ0v) is 18.4. The summed E-state index contributed by atoms with van der Waals surface area (Å²) in [6.45, 7) is 2.50. The molecule has 14 nitrogen and oxygen atoms in total. The molecule has 1 aromatic rings. The fourth-order valence-electron chi connectivity index (χ4n) is 2.82. The highest BCUT2D eigenvalue weighted by Crippen LogP contribution is 2.08. The van der Waals surface area contributed by atoms with E-state index in [4.69, 9.17) is 11.5 Å². The molecule has 0 spiro atoms. The number of carbonyl (C=O) groups is 5. The summed E-state index contributed by atoms with van der Waals surface area (Å²) < 4.78 is 0. The summed E-state index contributed by atoms with van der Waals surface area (Å²) in [6, 6.07) is -5.34. The second kappa shape index (κ2) is 13.1. The number of aliphatic hydroxyl groups is 1. The second-order valence-electron chi connectivity index (χ2n) is 7.57. The fourth-order valence-corrected chi connectivity index (χ4v) is 2.82. The third kappa shape index (κ3) is 8.86. The number of H-pyrrole nitrogens is 1. The average molecular weight is 469 g/mol. The molecule has 14 heteroatoms. The number of nitrogens with one attached hydrogen (secondary N) is 4. The van der Waals surface area contributed by atoms with E-state index in [0.29, 0.717) is 12.1 Å². The molecule has 5 atom stereocenters. The molecule has 1 rings (SSSR count). The minimum Gasteiger partial charge on any atom is -0.480 e. The molecule has 0 aliphatic carbocycles. The van der Waals surface area contributed by atoms with Crippen LogP contribution in [0.4, 0.5) is 0 Å². The van der Waals surface area contributed by atoms with Crippen LogP contribution in [0, 0.1) is 5.92 Å². The van der Waals surface area contributed by atoms with Crippen LogP contribution in [-0.2, 0) is 30.4 Å².